The highest BCUT2D eigenvalue weighted by Crippen LogP contribution is 2.37. The third-order valence-corrected chi connectivity index (χ3v) is 5.51. The van der Waals surface area contributed by atoms with Crippen molar-refractivity contribution in [2.45, 2.75) is 0 Å². The molecule has 26 heavy (non-hydrogen) atoms. The minimum absolute atomic E-state index is 0.393. The van der Waals surface area contributed by atoms with Gasteiger partial charge in [-0.2, -0.15) is 0 Å². The van der Waals surface area contributed by atoms with Gasteiger partial charge >= 0.3 is 0 Å². The zero-order valence-corrected chi connectivity index (χ0v) is 13.3. The predicted molar refractivity (Wildman–Crippen MR) is 104 cm³/mol. The first-order chi connectivity index (χ1) is 12.6. The molecule has 0 bridgehead atoms. The lowest BCUT2D eigenvalue weighted by molar-refractivity contribution is 1.67. The molecular weight excluding hydrogens is 328 g/mol. The molecule has 0 aliphatic carbocycles. The third-order valence-electron chi connectivity index (χ3n) is 5.51. The minimum atomic E-state index is -0.506. The molecule has 0 saturated heterocycles. The Bertz CT molecular complexity index is 1620. The first kappa shape index (κ1) is 13.6. The van der Waals surface area contributed by atoms with Gasteiger partial charge in [-0.1, -0.05) is 36.4 Å². The van der Waals surface area contributed by atoms with Crippen LogP contribution in [0.25, 0.3) is 53.9 Å². The van der Waals surface area contributed by atoms with Crippen LogP contribution in [0, 0.1) is 0 Å². The Hall–Kier alpha value is -3.66. The molecule has 6 aromatic rings. The van der Waals surface area contributed by atoms with Gasteiger partial charge in [0.05, 0.1) is 0 Å². The van der Waals surface area contributed by atoms with Crippen LogP contribution in [-0.2, 0) is 0 Å². The summed E-state index contributed by atoms with van der Waals surface area (Å²) in [7, 11) is 0. The van der Waals surface area contributed by atoms with E-state index in [1.807, 2.05) is 12.1 Å². The van der Waals surface area contributed by atoms with E-state index < -0.39 is 21.7 Å². The zero-order chi connectivity index (χ0) is 17.7. The summed E-state index contributed by atoms with van der Waals surface area (Å²) in [6.07, 6.45) is 0. The van der Waals surface area contributed by atoms with Crippen LogP contribution in [0.1, 0.15) is 0 Å². The van der Waals surface area contributed by atoms with E-state index in [2.05, 4.69) is 0 Å². The largest absolute Gasteiger partial charge is 0.285 e. The van der Waals surface area contributed by atoms with E-state index in [1.165, 1.54) is 0 Å². The molecule has 0 aromatic heterocycles. The maximum Gasteiger partial charge on any atom is 0.234 e. The van der Waals surface area contributed by atoms with Gasteiger partial charge < -0.3 is 0 Å². The fourth-order valence-electron chi connectivity index (χ4n) is 4.39. The van der Waals surface area contributed by atoms with Gasteiger partial charge in [0.25, 0.3) is 0 Å². The topological polar surface area (TPSA) is 68.3 Å². The van der Waals surface area contributed by atoms with E-state index in [-0.39, 0.29) is 0 Å². The van der Waals surface area contributed by atoms with Gasteiger partial charge in [0.2, 0.25) is 21.7 Å². The van der Waals surface area contributed by atoms with Gasteiger partial charge in [-0.05, 0) is 33.7 Å². The maximum absolute atomic E-state index is 12.4. The van der Waals surface area contributed by atoms with Crippen LogP contribution in [0.4, 0.5) is 0 Å². The summed E-state index contributed by atoms with van der Waals surface area (Å²) in [6, 6.07) is 13.9. The molecule has 0 amide bonds. The molecule has 0 N–H and O–H groups in total. The van der Waals surface area contributed by atoms with Crippen molar-refractivity contribution >= 4 is 53.9 Å². The molecule has 0 spiro atoms. The van der Waals surface area contributed by atoms with E-state index in [0.29, 0.717) is 32.3 Å². The number of rotatable bonds is 0. The van der Waals surface area contributed by atoms with Crippen molar-refractivity contribution < 1.29 is 0 Å². The molecule has 0 radical (unpaired) electrons. The third kappa shape index (κ3) is 1.31. The van der Waals surface area contributed by atoms with Crippen LogP contribution in [-0.4, -0.2) is 0 Å². The number of hydrogen-bond acceptors (Lipinski definition) is 4. The van der Waals surface area contributed by atoms with Crippen LogP contribution >= 0.6 is 0 Å². The monoisotopic (exact) mass is 336 g/mol. The van der Waals surface area contributed by atoms with E-state index in [9.17, 15) is 19.2 Å². The zero-order valence-electron chi connectivity index (χ0n) is 13.3. The molecule has 0 saturated carbocycles. The summed E-state index contributed by atoms with van der Waals surface area (Å²) in [5.74, 6) is 0. The first-order valence-electron chi connectivity index (χ1n) is 8.21. The van der Waals surface area contributed by atoms with Crippen molar-refractivity contribution in [1.82, 2.24) is 0 Å². The molecule has 0 aliphatic rings. The lowest BCUT2D eigenvalue weighted by Gasteiger charge is -2.08. The van der Waals surface area contributed by atoms with Gasteiger partial charge in [-0.25, -0.2) is 0 Å². The van der Waals surface area contributed by atoms with Gasteiger partial charge in [0.15, 0.2) is 0 Å². The fraction of sp³-hybridized carbons (Fsp3) is 0. The molecular formula is C22H8O4. The Labute approximate surface area is 143 Å². The van der Waals surface area contributed by atoms with E-state index in [4.69, 9.17) is 0 Å². The van der Waals surface area contributed by atoms with Crippen molar-refractivity contribution in [3.63, 3.8) is 0 Å². The Morgan fingerprint density at radius 1 is 0.385 bits per heavy atom. The van der Waals surface area contributed by atoms with Crippen molar-refractivity contribution in [3.05, 3.63) is 89.4 Å². The van der Waals surface area contributed by atoms with Gasteiger partial charge in [-0.15, -0.1) is 0 Å². The molecule has 120 valence electrons. The van der Waals surface area contributed by atoms with Crippen molar-refractivity contribution in [2.75, 3.05) is 0 Å². The maximum atomic E-state index is 12.4. The first-order valence-corrected chi connectivity index (χ1v) is 8.21. The van der Waals surface area contributed by atoms with Gasteiger partial charge in [0.1, 0.15) is 0 Å². The average Bonchev–Trinajstić information content (AvgIpc) is 3.06. The molecule has 6 aromatic carbocycles. The molecule has 4 heteroatoms. The predicted octanol–water partition coefficient (Wildman–Crippen LogP) is 2.64. The van der Waals surface area contributed by atoms with Gasteiger partial charge in [-0.3, -0.25) is 19.2 Å². The van der Waals surface area contributed by atoms with Crippen molar-refractivity contribution in [2.24, 2.45) is 0 Å². The molecule has 0 aliphatic heterocycles. The smallest absolute Gasteiger partial charge is 0.234 e. The second-order valence-electron chi connectivity index (χ2n) is 6.72. The SMILES string of the molecule is O=c1c(=O)c2cc3c(cc4c(=O)c(=O)c5cccc3c54)c3cccc1c23. The van der Waals surface area contributed by atoms with E-state index >= 15 is 0 Å². The molecule has 0 fully saturated rings. The van der Waals surface area contributed by atoms with Crippen molar-refractivity contribution in [1.29, 1.82) is 0 Å². The van der Waals surface area contributed by atoms with Crippen molar-refractivity contribution in [3.8, 4) is 0 Å². The van der Waals surface area contributed by atoms with Crippen LogP contribution < -0.4 is 21.7 Å². The highest BCUT2D eigenvalue weighted by atomic mass is 16.2. The molecule has 0 atom stereocenters. The number of hydrogen-bond donors (Lipinski definition) is 0. The summed E-state index contributed by atoms with van der Waals surface area (Å²) < 4.78 is 0. The van der Waals surface area contributed by atoms with Crippen LogP contribution in [0.3, 0.4) is 0 Å². The van der Waals surface area contributed by atoms with E-state index in [1.54, 1.807) is 36.4 Å². The van der Waals surface area contributed by atoms with Gasteiger partial charge in [0, 0.05) is 32.3 Å². The summed E-state index contributed by atoms with van der Waals surface area (Å²) in [6.45, 7) is 0. The second-order valence-corrected chi connectivity index (χ2v) is 6.72. The summed E-state index contributed by atoms with van der Waals surface area (Å²) >= 11 is 0. The second kappa shape index (κ2) is 4.11. The highest BCUT2D eigenvalue weighted by Gasteiger charge is 2.20. The average molecular weight is 336 g/mol. The summed E-state index contributed by atoms with van der Waals surface area (Å²) in [4.78, 5) is 49.5. The Balaban J connectivity index is 2.11. The number of fused-ring (bicyclic) bond motifs is 3. The lowest BCUT2D eigenvalue weighted by atomic mass is 9.94. The van der Waals surface area contributed by atoms with Crippen LogP contribution in [0.15, 0.2) is 67.7 Å². The normalized spacial score (nSPS) is 12.5. The Morgan fingerprint density at radius 2 is 0.731 bits per heavy atom. The standard InChI is InChI=1S/C22H8O4/c23-19-11-5-1-3-9-13-7-16-18-10(4-2-6-12(18)20(24)22(16)26)14(13)8-15(17(9)11)21(19)25/h1-8H. The molecule has 0 unspecified atom stereocenters. The van der Waals surface area contributed by atoms with Crippen LogP contribution in [0.2, 0.25) is 0 Å². The lowest BCUT2D eigenvalue weighted by Crippen LogP contribution is -2.16. The molecule has 6 rings (SSSR count). The van der Waals surface area contributed by atoms with Crippen LogP contribution in [0.5, 0.6) is 0 Å². The fourth-order valence-corrected chi connectivity index (χ4v) is 4.39. The molecule has 4 nitrogen and oxygen atoms in total. The Kier molecular flexibility index (Phi) is 2.15. The Morgan fingerprint density at radius 3 is 1.15 bits per heavy atom. The minimum Gasteiger partial charge on any atom is -0.285 e. The highest BCUT2D eigenvalue weighted by molar-refractivity contribution is 6.30. The quantitative estimate of drug-likeness (QED) is 0.316. The number of benzene rings is 4. The molecule has 0 heterocycles. The van der Waals surface area contributed by atoms with E-state index in [0.717, 1.165) is 21.5 Å². The summed E-state index contributed by atoms with van der Waals surface area (Å²) in [5, 5.41) is 5.91. The summed E-state index contributed by atoms with van der Waals surface area (Å²) in [5.41, 5.74) is -2.00.